The average molecular weight is 845 g/mol. The number of aryl methyl sites for hydroxylation is 1. The van der Waals surface area contributed by atoms with Crippen molar-refractivity contribution in [1.29, 1.82) is 0 Å². The van der Waals surface area contributed by atoms with Crippen molar-refractivity contribution in [3.63, 3.8) is 0 Å². The van der Waals surface area contributed by atoms with Crippen molar-refractivity contribution in [1.82, 2.24) is 29.3 Å². The van der Waals surface area contributed by atoms with E-state index in [1.54, 1.807) is 6.92 Å². The lowest BCUT2D eigenvalue weighted by atomic mass is 9.75. The Morgan fingerprint density at radius 1 is 0.879 bits per heavy atom. The summed E-state index contributed by atoms with van der Waals surface area (Å²) in [5, 5.41) is 1.37. The number of ether oxygens (including phenoxy) is 1. The number of benzene rings is 3. The van der Waals surface area contributed by atoms with Gasteiger partial charge in [-0.3, -0.25) is 28.9 Å². The third-order valence-corrected chi connectivity index (χ3v) is 12.0. The summed E-state index contributed by atoms with van der Waals surface area (Å²) in [6.07, 6.45) is -4.24. The van der Waals surface area contributed by atoms with E-state index in [4.69, 9.17) is 20.6 Å². The van der Waals surface area contributed by atoms with Crippen LogP contribution in [0.25, 0.3) is 0 Å². The van der Waals surface area contributed by atoms with E-state index in [1.807, 2.05) is 54.6 Å². The van der Waals surface area contributed by atoms with Crippen LogP contribution in [-0.2, 0) is 24.3 Å². The zero-order chi connectivity index (χ0) is 41.2. The van der Waals surface area contributed by atoms with E-state index in [2.05, 4.69) is 51.2 Å². The molecular weight excluding hydrogens is 800 g/mol. The first kappa shape index (κ1) is 42.0. The van der Waals surface area contributed by atoms with Gasteiger partial charge in [-0.05, 0) is 42.9 Å². The normalized spacial score (nSPS) is 23.1. The second kappa shape index (κ2) is 17.2. The SMILES string of the molecule is Cc1cn(C2CN(C(c3ccccc3)(c3ccccc3)c3ccccc3)CC(CC3CN(C4CCN(C(=O)C(F)(F)F)CC4)CCN3OP(=O)(O)Cl)O2)c(=O)[nH]c1=O. The molecule has 0 spiro atoms. The summed E-state index contributed by atoms with van der Waals surface area (Å²) in [6, 6.07) is 29.2. The highest BCUT2D eigenvalue weighted by molar-refractivity contribution is 7.80. The summed E-state index contributed by atoms with van der Waals surface area (Å²) >= 11 is 5.77. The Hall–Kier alpha value is -4.12. The van der Waals surface area contributed by atoms with Gasteiger partial charge in [-0.15, -0.1) is 0 Å². The first-order chi connectivity index (χ1) is 27.6. The largest absolute Gasteiger partial charge is 0.471 e. The van der Waals surface area contributed by atoms with Crippen LogP contribution < -0.4 is 11.2 Å². The summed E-state index contributed by atoms with van der Waals surface area (Å²) in [5.74, 6) is -1.86. The molecule has 4 atom stereocenters. The van der Waals surface area contributed by atoms with E-state index in [0.29, 0.717) is 31.5 Å². The van der Waals surface area contributed by atoms with Crippen LogP contribution in [-0.4, -0.2) is 110 Å². The summed E-state index contributed by atoms with van der Waals surface area (Å²) in [5.41, 5.74) is 1.05. The van der Waals surface area contributed by atoms with E-state index >= 15 is 0 Å². The fraction of sp³-hybridized carbons (Fsp3) is 0.425. The molecule has 0 saturated carbocycles. The van der Waals surface area contributed by atoms with Gasteiger partial charge >= 0.3 is 24.7 Å². The zero-order valence-electron chi connectivity index (χ0n) is 31.7. The molecule has 3 fully saturated rings. The highest BCUT2D eigenvalue weighted by Crippen LogP contribution is 2.50. The average Bonchev–Trinajstić information content (AvgIpc) is 3.20. The van der Waals surface area contributed by atoms with E-state index in [9.17, 15) is 37.0 Å². The molecule has 310 valence electrons. The lowest BCUT2D eigenvalue weighted by molar-refractivity contribution is -0.188. The van der Waals surface area contributed by atoms with Crippen LogP contribution >= 0.6 is 18.2 Å². The molecule has 1 amide bonds. The molecule has 2 N–H and O–H groups in total. The topological polar surface area (TPSA) is 141 Å². The van der Waals surface area contributed by atoms with Crippen LogP contribution in [0.4, 0.5) is 13.2 Å². The van der Waals surface area contributed by atoms with Gasteiger partial charge in [0.15, 0.2) is 6.23 Å². The number of aromatic amines is 1. The number of nitrogens with one attached hydrogen (secondary N) is 1. The molecule has 0 bridgehead atoms. The van der Waals surface area contributed by atoms with Crippen molar-refractivity contribution in [3.05, 3.63) is 140 Å². The minimum absolute atomic E-state index is 0.0613. The molecule has 3 aliphatic rings. The quantitative estimate of drug-likeness (QED) is 0.161. The number of piperidine rings is 1. The number of nitrogens with zero attached hydrogens (tertiary/aromatic N) is 5. The van der Waals surface area contributed by atoms with Crippen molar-refractivity contribution < 1.29 is 36.8 Å². The Labute approximate surface area is 337 Å². The van der Waals surface area contributed by atoms with Gasteiger partial charge in [-0.2, -0.15) is 18.2 Å². The van der Waals surface area contributed by atoms with Crippen molar-refractivity contribution in [2.75, 3.05) is 45.8 Å². The number of H-pyrrole nitrogens is 1. The van der Waals surface area contributed by atoms with Crippen molar-refractivity contribution >= 4 is 24.1 Å². The molecule has 18 heteroatoms. The number of amides is 1. The predicted octanol–water partition coefficient (Wildman–Crippen LogP) is 5.24. The van der Waals surface area contributed by atoms with E-state index < -0.39 is 54.2 Å². The van der Waals surface area contributed by atoms with Gasteiger partial charge in [0.05, 0.1) is 17.7 Å². The van der Waals surface area contributed by atoms with Crippen LogP contribution in [0.5, 0.6) is 0 Å². The number of hydrogen-bond donors (Lipinski definition) is 2. The number of hydrogen-bond acceptors (Lipinski definition) is 9. The minimum Gasteiger partial charge on any atom is -0.352 e. The fourth-order valence-electron chi connectivity index (χ4n) is 8.80. The highest BCUT2D eigenvalue weighted by atomic mass is 35.7. The molecule has 0 radical (unpaired) electrons. The molecule has 58 heavy (non-hydrogen) atoms. The number of carbonyl (C=O) groups excluding carboxylic acids is 1. The van der Waals surface area contributed by atoms with Crippen LogP contribution in [0.1, 0.15) is 47.7 Å². The first-order valence-electron chi connectivity index (χ1n) is 19.1. The number of morpholine rings is 1. The van der Waals surface area contributed by atoms with E-state index in [0.717, 1.165) is 21.6 Å². The van der Waals surface area contributed by atoms with Gasteiger partial charge in [0.25, 0.3) is 5.56 Å². The molecule has 4 unspecified atom stereocenters. The third-order valence-electron chi connectivity index (χ3n) is 11.4. The first-order valence-corrected chi connectivity index (χ1v) is 21.6. The number of alkyl halides is 3. The summed E-state index contributed by atoms with van der Waals surface area (Å²) in [7, 11) is 0. The number of piperazine rings is 1. The van der Waals surface area contributed by atoms with Gasteiger partial charge < -0.3 is 14.5 Å². The standard InChI is InChI=1S/C40H45ClF3N6O7P/c1-28-24-49(38(53)45-36(28)51)35-27-48(39(29-11-5-2-6-12-29,30-13-7-3-8-14-30)31-15-9-4-10-16-31)26-34(56-35)23-33-25-47(21-22-50(33)57-58(41,54)55)32-17-19-46(20-18-32)37(52)40(42,43)44/h2-16,24,32-35H,17-23,25-27H2,1H3,(H,54,55)(H,45,51,53). The molecule has 3 aromatic carbocycles. The summed E-state index contributed by atoms with van der Waals surface area (Å²) in [6.45, 7) is -1.80. The predicted molar refractivity (Wildman–Crippen MR) is 210 cm³/mol. The van der Waals surface area contributed by atoms with Crippen LogP contribution in [0.2, 0.25) is 0 Å². The van der Waals surface area contributed by atoms with Gasteiger partial charge in [0.2, 0.25) is 0 Å². The Morgan fingerprint density at radius 2 is 1.43 bits per heavy atom. The lowest BCUT2D eigenvalue weighted by Crippen LogP contribution is -2.61. The second-order valence-corrected chi connectivity index (χ2v) is 17.3. The summed E-state index contributed by atoms with van der Waals surface area (Å²) in [4.78, 5) is 55.7. The Kier molecular flexibility index (Phi) is 12.5. The Bertz CT molecular complexity index is 2110. The second-order valence-electron chi connectivity index (χ2n) is 15.0. The van der Waals surface area contributed by atoms with Crippen LogP contribution in [0, 0.1) is 6.92 Å². The number of carbonyl (C=O) groups is 1. The molecule has 0 aliphatic carbocycles. The molecule has 1 aromatic heterocycles. The number of aromatic nitrogens is 2. The van der Waals surface area contributed by atoms with Gasteiger partial charge in [-0.25, -0.2) is 14.0 Å². The monoisotopic (exact) mass is 844 g/mol. The van der Waals surface area contributed by atoms with Gasteiger partial charge in [0.1, 0.15) is 0 Å². The van der Waals surface area contributed by atoms with Crippen molar-refractivity contribution in [3.8, 4) is 0 Å². The maximum Gasteiger partial charge on any atom is 0.471 e. The van der Waals surface area contributed by atoms with Crippen LogP contribution in [0.3, 0.4) is 0 Å². The Balaban J connectivity index is 1.27. The highest BCUT2D eigenvalue weighted by Gasteiger charge is 2.48. The molecule has 3 saturated heterocycles. The maximum atomic E-state index is 13.5. The van der Waals surface area contributed by atoms with E-state index in [-0.39, 0.29) is 45.2 Å². The maximum absolute atomic E-state index is 13.5. The van der Waals surface area contributed by atoms with Gasteiger partial charge in [-0.1, -0.05) is 91.0 Å². The Morgan fingerprint density at radius 3 is 1.95 bits per heavy atom. The van der Waals surface area contributed by atoms with Crippen molar-refractivity contribution in [2.24, 2.45) is 0 Å². The smallest absolute Gasteiger partial charge is 0.352 e. The number of hydroxylamine groups is 2. The number of likely N-dealkylation sites (tertiary alicyclic amines) is 1. The fourth-order valence-corrected chi connectivity index (χ4v) is 9.51. The van der Waals surface area contributed by atoms with Crippen molar-refractivity contribution in [2.45, 2.75) is 62.3 Å². The molecule has 7 rings (SSSR count). The number of halogens is 4. The minimum atomic E-state index is -4.95. The third kappa shape index (κ3) is 9.04. The van der Waals surface area contributed by atoms with E-state index in [1.165, 1.54) is 15.8 Å². The number of rotatable bonds is 10. The molecule has 4 heterocycles. The zero-order valence-corrected chi connectivity index (χ0v) is 33.4. The molecule has 13 nitrogen and oxygen atoms in total. The lowest BCUT2D eigenvalue weighted by Gasteiger charge is -2.52. The van der Waals surface area contributed by atoms with Gasteiger partial charge in [0, 0.05) is 74.9 Å². The summed E-state index contributed by atoms with van der Waals surface area (Å²) < 4.78 is 65.7. The molecule has 4 aromatic rings. The van der Waals surface area contributed by atoms with Crippen LogP contribution in [0.15, 0.2) is 107 Å². The molecule has 3 aliphatic heterocycles. The molecular formula is C40H45ClF3N6O7P.